The summed E-state index contributed by atoms with van der Waals surface area (Å²) >= 11 is 0. The van der Waals surface area contributed by atoms with Gasteiger partial charge in [0.15, 0.2) is 0 Å². The molecule has 2 aliphatic rings. The smallest absolute Gasteiger partial charge is 0.252 e. The van der Waals surface area contributed by atoms with Gasteiger partial charge < -0.3 is 10.1 Å². The SMILES string of the molecule is Cc1ccc(C(=O)N[C@H]2CC3(CCCCC3)Oc3ccccc32)c(C)c1. The summed E-state index contributed by atoms with van der Waals surface area (Å²) < 4.78 is 6.47. The molecule has 2 aromatic rings. The van der Waals surface area contributed by atoms with Crippen LogP contribution in [0.1, 0.15) is 71.6 Å². The maximum Gasteiger partial charge on any atom is 0.252 e. The van der Waals surface area contributed by atoms with E-state index in [0.717, 1.165) is 41.7 Å². The van der Waals surface area contributed by atoms with Gasteiger partial charge in [-0.1, -0.05) is 42.3 Å². The minimum absolute atomic E-state index is 0.00579. The van der Waals surface area contributed by atoms with Gasteiger partial charge in [0.2, 0.25) is 0 Å². The molecule has 1 spiro atoms. The molecule has 1 amide bonds. The van der Waals surface area contributed by atoms with Gasteiger partial charge in [0.05, 0.1) is 6.04 Å². The van der Waals surface area contributed by atoms with Crippen LogP contribution in [0.3, 0.4) is 0 Å². The Morgan fingerprint density at radius 2 is 1.85 bits per heavy atom. The second-order valence-electron chi connectivity index (χ2n) is 7.93. The first kappa shape index (κ1) is 17.1. The van der Waals surface area contributed by atoms with E-state index in [-0.39, 0.29) is 17.6 Å². The fourth-order valence-electron chi connectivity index (χ4n) is 4.55. The molecule has 0 bridgehead atoms. The number of hydrogen-bond acceptors (Lipinski definition) is 2. The number of carbonyl (C=O) groups excluding carboxylic acids is 1. The number of benzene rings is 2. The standard InChI is InChI=1S/C23H27NO2/c1-16-10-11-18(17(2)14-16)22(25)24-20-15-23(12-6-3-7-13-23)26-21-9-5-4-8-19(20)21/h4-5,8-11,14,20H,3,6-7,12-13,15H2,1-2H3,(H,24,25)/t20-/m0/s1. The van der Waals surface area contributed by atoms with Gasteiger partial charge in [-0.3, -0.25) is 4.79 Å². The molecule has 1 aliphatic heterocycles. The molecule has 1 aliphatic carbocycles. The molecule has 1 atom stereocenters. The first-order valence-electron chi connectivity index (χ1n) is 9.72. The summed E-state index contributed by atoms with van der Waals surface area (Å²) in [5, 5.41) is 3.30. The van der Waals surface area contributed by atoms with Crippen molar-refractivity contribution in [1.29, 1.82) is 0 Å². The zero-order valence-corrected chi connectivity index (χ0v) is 15.7. The Morgan fingerprint density at radius 3 is 2.62 bits per heavy atom. The lowest BCUT2D eigenvalue weighted by atomic mass is 9.77. The molecule has 26 heavy (non-hydrogen) atoms. The highest BCUT2D eigenvalue weighted by Gasteiger charge is 2.42. The van der Waals surface area contributed by atoms with Crippen LogP contribution in [0.2, 0.25) is 0 Å². The highest BCUT2D eigenvalue weighted by atomic mass is 16.5. The molecular formula is C23H27NO2. The molecule has 3 nitrogen and oxygen atoms in total. The lowest BCUT2D eigenvalue weighted by Gasteiger charge is -2.44. The Bertz CT molecular complexity index is 821. The maximum atomic E-state index is 13.0. The molecule has 2 aromatic carbocycles. The first-order valence-corrected chi connectivity index (χ1v) is 9.72. The predicted molar refractivity (Wildman–Crippen MR) is 104 cm³/mol. The summed E-state index contributed by atoms with van der Waals surface area (Å²) in [5.41, 5.74) is 3.94. The Balaban J connectivity index is 1.62. The van der Waals surface area contributed by atoms with Crippen LogP contribution in [-0.4, -0.2) is 11.5 Å². The van der Waals surface area contributed by atoms with Crippen molar-refractivity contribution in [2.75, 3.05) is 0 Å². The van der Waals surface area contributed by atoms with E-state index in [1.54, 1.807) is 0 Å². The highest BCUT2D eigenvalue weighted by Crippen LogP contribution is 2.46. The van der Waals surface area contributed by atoms with E-state index in [9.17, 15) is 4.79 Å². The minimum atomic E-state index is -0.118. The number of amides is 1. The van der Waals surface area contributed by atoms with Crippen molar-refractivity contribution in [2.45, 2.75) is 64.0 Å². The van der Waals surface area contributed by atoms with Crippen LogP contribution in [0.4, 0.5) is 0 Å². The monoisotopic (exact) mass is 349 g/mol. The van der Waals surface area contributed by atoms with E-state index in [2.05, 4.69) is 24.4 Å². The zero-order valence-electron chi connectivity index (χ0n) is 15.7. The van der Waals surface area contributed by atoms with Crippen LogP contribution in [0.15, 0.2) is 42.5 Å². The fraction of sp³-hybridized carbons (Fsp3) is 0.435. The zero-order chi connectivity index (χ0) is 18.1. The third-order valence-corrected chi connectivity index (χ3v) is 5.89. The second-order valence-corrected chi connectivity index (χ2v) is 7.93. The van der Waals surface area contributed by atoms with E-state index in [1.165, 1.54) is 24.8 Å². The number of rotatable bonds is 2. The van der Waals surface area contributed by atoms with E-state index in [1.807, 2.05) is 37.3 Å². The maximum absolute atomic E-state index is 13.0. The van der Waals surface area contributed by atoms with Crippen LogP contribution in [0.5, 0.6) is 5.75 Å². The third kappa shape index (κ3) is 3.23. The van der Waals surface area contributed by atoms with E-state index in [0.29, 0.717) is 0 Å². The molecular weight excluding hydrogens is 322 g/mol. The minimum Gasteiger partial charge on any atom is -0.487 e. The summed E-state index contributed by atoms with van der Waals surface area (Å²) in [4.78, 5) is 13.0. The van der Waals surface area contributed by atoms with Gasteiger partial charge >= 0.3 is 0 Å². The van der Waals surface area contributed by atoms with Crippen LogP contribution >= 0.6 is 0 Å². The normalized spacial score (nSPS) is 20.9. The quantitative estimate of drug-likeness (QED) is 0.803. The van der Waals surface area contributed by atoms with Crippen LogP contribution in [0, 0.1) is 13.8 Å². The lowest BCUT2D eigenvalue weighted by molar-refractivity contribution is -0.00210. The molecule has 0 aromatic heterocycles. The number of fused-ring (bicyclic) bond motifs is 1. The summed E-state index contributed by atoms with van der Waals surface area (Å²) in [6.45, 7) is 4.05. The van der Waals surface area contributed by atoms with Crippen molar-refractivity contribution >= 4 is 5.91 Å². The van der Waals surface area contributed by atoms with Crippen LogP contribution in [0.25, 0.3) is 0 Å². The first-order chi connectivity index (χ1) is 12.6. The van der Waals surface area contributed by atoms with E-state index < -0.39 is 0 Å². The molecule has 1 saturated carbocycles. The summed E-state index contributed by atoms with van der Waals surface area (Å²) in [5.74, 6) is 0.946. The Kier molecular flexibility index (Phi) is 4.47. The van der Waals surface area contributed by atoms with E-state index in [4.69, 9.17) is 4.74 Å². The molecule has 4 rings (SSSR count). The van der Waals surface area contributed by atoms with Gasteiger partial charge in [0.1, 0.15) is 11.4 Å². The summed E-state index contributed by atoms with van der Waals surface area (Å²) in [6, 6.07) is 14.2. The number of carbonyl (C=O) groups is 1. The average Bonchev–Trinajstić information content (AvgIpc) is 2.62. The predicted octanol–water partition coefficient (Wildman–Crippen LogP) is 5.26. The number of ether oxygens (including phenoxy) is 1. The molecule has 3 heteroatoms. The Morgan fingerprint density at radius 1 is 1.08 bits per heavy atom. The van der Waals surface area contributed by atoms with Crippen LogP contribution in [-0.2, 0) is 0 Å². The Labute approximate surface area is 155 Å². The summed E-state index contributed by atoms with van der Waals surface area (Å²) in [6.07, 6.45) is 6.72. The lowest BCUT2D eigenvalue weighted by Crippen LogP contribution is -2.46. The number of hydrogen-bond donors (Lipinski definition) is 1. The fourth-order valence-corrected chi connectivity index (χ4v) is 4.55. The number of aryl methyl sites for hydroxylation is 2. The van der Waals surface area contributed by atoms with Crippen molar-refractivity contribution < 1.29 is 9.53 Å². The van der Waals surface area contributed by atoms with Gasteiger partial charge in [0.25, 0.3) is 5.91 Å². The number of para-hydroxylation sites is 1. The van der Waals surface area contributed by atoms with Crippen molar-refractivity contribution in [1.82, 2.24) is 5.32 Å². The average molecular weight is 349 g/mol. The van der Waals surface area contributed by atoms with Gasteiger partial charge in [0, 0.05) is 17.5 Å². The summed E-state index contributed by atoms with van der Waals surface area (Å²) in [7, 11) is 0. The largest absolute Gasteiger partial charge is 0.487 e. The molecule has 0 radical (unpaired) electrons. The molecule has 1 fully saturated rings. The molecule has 136 valence electrons. The van der Waals surface area contributed by atoms with Gasteiger partial charge in [-0.15, -0.1) is 0 Å². The van der Waals surface area contributed by atoms with Gasteiger partial charge in [-0.2, -0.15) is 0 Å². The second kappa shape index (κ2) is 6.79. The Hall–Kier alpha value is -2.29. The topological polar surface area (TPSA) is 38.3 Å². The highest BCUT2D eigenvalue weighted by molar-refractivity contribution is 5.96. The number of nitrogens with one attached hydrogen (secondary N) is 1. The van der Waals surface area contributed by atoms with Gasteiger partial charge in [-0.05, 0) is 57.2 Å². The van der Waals surface area contributed by atoms with Crippen molar-refractivity contribution in [3.63, 3.8) is 0 Å². The molecule has 0 unspecified atom stereocenters. The van der Waals surface area contributed by atoms with Crippen molar-refractivity contribution in [3.05, 3.63) is 64.7 Å². The molecule has 1 heterocycles. The van der Waals surface area contributed by atoms with Crippen LogP contribution < -0.4 is 10.1 Å². The van der Waals surface area contributed by atoms with Crippen molar-refractivity contribution in [3.8, 4) is 5.75 Å². The molecule has 1 N–H and O–H groups in total. The third-order valence-electron chi connectivity index (χ3n) is 5.89. The van der Waals surface area contributed by atoms with Gasteiger partial charge in [-0.25, -0.2) is 0 Å². The molecule has 0 saturated heterocycles. The van der Waals surface area contributed by atoms with Crippen molar-refractivity contribution in [2.24, 2.45) is 0 Å². The van der Waals surface area contributed by atoms with E-state index >= 15 is 0 Å².